The first-order valence-corrected chi connectivity index (χ1v) is 13.2. The van der Waals surface area contributed by atoms with Crippen molar-refractivity contribution in [1.82, 2.24) is 20.1 Å². The second-order valence-corrected chi connectivity index (χ2v) is 10.5. The molecule has 1 aromatic heterocycles. The van der Waals surface area contributed by atoms with Crippen molar-refractivity contribution in [2.45, 2.75) is 46.5 Å². The molecule has 3 heterocycles. The number of nitrogens with zero attached hydrogens (tertiary/aromatic N) is 4. The molecule has 176 valence electrons. The number of benzene rings is 1. The van der Waals surface area contributed by atoms with Crippen LogP contribution in [0.3, 0.4) is 0 Å². The van der Waals surface area contributed by atoms with Gasteiger partial charge in [0.1, 0.15) is 0 Å². The van der Waals surface area contributed by atoms with E-state index in [9.17, 15) is 4.79 Å². The van der Waals surface area contributed by atoms with E-state index < -0.39 is 0 Å². The molecule has 6 nitrogen and oxygen atoms in total. The van der Waals surface area contributed by atoms with Crippen molar-refractivity contribution in [2.24, 2.45) is 5.92 Å². The molecule has 2 aromatic rings. The van der Waals surface area contributed by atoms with Crippen molar-refractivity contribution < 1.29 is 4.79 Å². The van der Waals surface area contributed by atoms with Crippen LogP contribution in [0.5, 0.6) is 0 Å². The third-order valence-electron chi connectivity index (χ3n) is 6.91. The molecule has 0 unspecified atom stereocenters. The highest BCUT2D eigenvalue weighted by atomic mass is 32.1. The maximum atomic E-state index is 12.7. The molecular weight excluding hydrogens is 418 g/mol. The lowest BCUT2D eigenvalue weighted by molar-refractivity contribution is -0.125. The molecule has 2 saturated heterocycles. The van der Waals surface area contributed by atoms with Crippen LogP contribution in [0.25, 0.3) is 10.2 Å². The van der Waals surface area contributed by atoms with Crippen LogP contribution in [0, 0.1) is 19.8 Å². The number of carbonyl (C=O) groups is 1. The smallest absolute Gasteiger partial charge is 0.223 e. The number of nitrogens with one attached hydrogen (secondary N) is 1. The minimum Gasteiger partial charge on any atom is -0.356 e. The Hall–Kier alpha value is -1.70. The number of thiazole rings is 1. The number of anilines is 1. The molecule has 1 amide bonds. The van der Waals surface area contributed by atoms with Gasteiger partial charge in [0.2, 0.25) is 5.91 Å². The van der Waals surface area contributed by atoms with Crippen LogP contribution >= 0.6 is 11.3 Å². The van der Waals surface area contributed by atoms with E-state index in [1.54, 1.807) is 11.3 Å². The highest BCUT2D eigenvalue weighted by Gasteiger charge is 2.26. The van der Waals surface area contributed by atoms with Gasteiger partial charge in [-0.05, 0) is 69.8 Å². The Bertz CT molecular complexity index is 897. The minimum absolute atomic E-state index is 0.141. The summed E-state index contributed by atoms with van der Waals surface area (Å²) in [6.45, 7) is 16.2. The van der Waals surface area contributed by atoms with Gasteiger partial charge in [-0.3, -0.25) is 4.79 Å². The summed E-state index contributed by atoms with van der Waals surface area (Å²) >= 11 is 1.78. The number of fused-ring (bicyclic) bond motifs is 1. The van der Waals surface area contributed by atoms with Crippen molar-refractivity contribution in [3.05, 3.63) is 23.3 Å². The van der Waals surface area contributed by atoms with E-state index >= 15 is 0 Å². The Morgan fingerprint density at radius 3 is 2.44 bits per heavy atom. The number of piperazine rings is 1. The Balaban J connectivity index is 1.16. The largest absolute Gasteiger partial charge is 0.356 e. The Morgan fingerprint density at radius 1 is 1.06 bits per heavy atom. The fraction of sp³-hybridized carbons (Fsp3) is 0.680. The molecule has 0 atom stereocenters. The van der Waals surface area contributed by atoms with Crippen molar-refractivity contribution >= 4 is 32.6 Å². The maximum absolute atomic E-state index is 12.7. The first kappa shape index (κ1) is 23.5. The van der Waals surface area contributed by atoms with Gasteiger partial charge in [-0.15, -0.1) is 0 Å². The highest BCUT2D eigenvalue weighted by Crippen LogP contribution is 2.33. The molecule has 4 rings (SSSR count). The van der Waals surface area contributed by atoms with Crippen molar-refractivity contribution in [1.29, 1.82) is 0 Å². The average molecular weight is 458 g/mol. The van der Waals surface area contributed by atoms with Crippen LogP contribution in [-0.2, 0) is 4.79 Å². The summed E-state index contributed by atoms with van der Waals surface area (Å²) < 4.78 is 1.27. The van der Waals surface area contributed by atoms with Gasteiger partial charge in [0, 0.05) is 51.7 Å². The molecule has 0 saturated carbocycles. The summed E-state index contributed by atoms with van der Waals surface area (Å²) in [5, 5.41) is 4.31. The van der Waals surface area contributed by atoms with Gasteiger partial charge in [0.25, 0.3) is 0 Å². The fourth-order valence-electron chi connectivity index (χ4n) is 5.04. The second-order valence-electron chi connectivity index (χ2n) is 9.51. The second kappa shape index (κ2) is 10.9. The number of piperidine rings is 1. The maximum Gasteiger partial charge on any atom is 0.223 e. The number of aryl methyl sites for hydroxylation is 2. The quantitative estimate of drug-likeness (QED) is 0.613. The molecule has 0 spiro atoms. The van der Waals surface area contributed by atoms with Gasteiger partial charge in [0.05, 0.1) is 10.2 Å². The summed E-state index contributed by atoms with van der Waals surface area (Å²) in [4.78, 5) is 25.0. The predicted octanol–water partition coefficient (Wildman–Crippen LogP) is 3.66. The SMILES string of the molecule is CCCN1CCN(CCCNC(=O)C2CCN(c3nc4c(C)cc(C)cc4s3)CC2)CC1. The van der Waals surface area contributed by atoms with Crippen molar-refractivity contribution in [3.8, 4) is 0 Å². The van der Waals surface area contributed by atoms with E-state index in [1.165, 1.54) is 41.9 Å². The molecule has 0 radical (unpaired) electrons. The fourth-order valence-corrected chi connectivity index (χ4v) is 6.23. The number of aromatic nitrogens is 1. The lowest BCUT2D eigenvalue weighted by atomic mass is 9.96. The Labute approximate surface area is 197 Å². The zero-order valence-electron chi connectivity index (χ0n) is 20.0. The van der Waals surface area contributed by atoms with Crippen molar-refractivity contribution in [2.75, 3.05) is 63.8 Å². The molecular formula is C25H39N5OS. The molecule has 2 aliphatic heterocycles. The number of rotatable bonds is 8. The number of carbonyl (C=O) groups excluding carboxylic acids is 1. The van der Waals surface area contributed by atoms with Gasteiger partial charge >= 0.3 is 0 Å². The average Bonchev–Trinajstić information content (AvgIpc) is 3.22. The molecule has 0 bridgehead atoms. The summed E-state index contributed by atoms with van der Waals surface area (Å²) in [6.07, 6.45) is 4.12. The normalized spacial score (nSPS) is 19.0. The van der Waals surface area contributed by atoms with Gasteiger partial charge in [-0.25, -0.2) is 4.98 Å². The molecule has 7 heteroatoms. The monoisotopic (exact) mass is 457 g/mol. The van der Waals surface area contributed by atoms with Crippen LogP contribution in [-0.4, -0.2) is 79.6 Å². The van der Waals surface area contributed by atoms with E-state index in [1.807, 2.05) is 0 Å². The number of amides is 1. The van der Waals surface area contributed by atoms with E-state index in [0.29, 0.717) is 0 Å². The molecule has 0 aliphatic carbocycles. The van der Waals surface area contributed by atoms with Crippen molar-refractivity contribution in [3.63, 3.8) is 0 Å². The minimum atomic E-state index is 0.141. The van der Waals surface area contributed by atoms with E-state index in [4.69, 9.17) is 4.98 Å². The third-order valence-corrected chi connectivity index (χ3v) is 7.97. The predicted molar refractivity (Wildman–Crippen MR) is 135 cm³/mol. The lowest BCUT2D eigenvalue weighted by Crippen LogP contribution is -2.47. The standard InChI is InChI=1S/C25H39N5OS/c1-4-9-28-13-15-29(16-14-28)10-5-8-26-24(31)21-6-11-30(12-7-21)25-27-23-20(3)17-19(2)18-22(23)32-25/h17-18,21H,4-16H2,1-3H3,(H,26,31). The van der Waals surface area contributed by atoms with E-state index in [2.05, 4.69) is 52.9 Å². The van der Waals surface area contributed by atoms with Crippen LogP contribution in [0.4, 0.5) is 5.13 Å². The summed E-state index contributed by atoms with van der Waals surface area (Å²) in [5.74, 6) is 0.385. The summed E-state index contributed by atoms with van der Waals surface area (Å²) in [6, 6.07) is 4.43. The topological polar surface area (TPSA) is 51.7 Å². The van der Waals surface area contributed by atoms with Crippen LogP contribution in [0.1, 0.15) is 43.7 Å². The molecule has 32 heavy (non-hydrogen) atoms. The number of hydrogen-bond donors (Lipinski definition) is 1. The van der Waals surface area contributed by atoms with Crippen LogP contribution < -0.4 is 10.2 Å². The first-order valence-electron chi connectivity index (χ1n) is 12.4. The Morgan fingerprint density at radius 2 is 1.75 bits per heavy atom. The van der Waals surface area contributed by atoms with Gasteiger partial charge < -0.3 is 20.0 Å². The Kier molecular flexibility index (Phi) is 8.02. The first-order chi connectivity index (χ1) is 15.5. The van der Waals surface area contributed by atoms with Gasteiger partial charge in [-0.2, -0.15) is 0 Å². The molecule has 2 fully saturated rings. The third kappa shape index (κ3) is 5.80. The van der Waals surface area contributed by atoms with E-state index in [0.717, 1.165) is 69.2 Å². The van der Waals surface area contributed by atoms with E-state index in [-0.39, 0.29) is 11.8 Å². The van der Waals surface area contributed by atoms with Crippen LogP contribution in [0.15, 0.2) is 12.1 Å². The molecule has 1 N–H and O–H groups in total. The zero-order chi connectivity index (χ0) is 22.5. The lowest BCUT2D eigenvalue weighted by Gasteiger charge is -2.34. The summed E-state index contributed by atoms with van der Waals surface area (Å²) in [5.41, 5.74) is 3.67. The van der Waals surface area contributed by atoms with Gasteiger partial charge in [-0.1, -0.05) is 24.3 Å². The number of hydrogen-bond acceptors (Lipinski definition) is 6. The molecule has 1 aromatic carbocycles. The highest BCUT2D eigenvalue weighted by molar-refractivity contribution is 7.22. The zero-order valence-corrected chi connectivity index (χ0v) is 20.8. The van der Waals surface area contributed by atoms with Crippen LogP contribution in [0.2, 0.25) is 0 Å². The summed E-state index contributed by atoms with van der Waals surface area (Å²) in [7, 11) is 0. The van der Waals surface area contributed by atoms with Gasteiger partial charge in [0.15, 0.2) is 5.13 Å². The molecule has 2 aliphatic rings.